The van der Waals surface area contributed by atoms with Gasteiger partial charge in [0, 0.05) is 12.6 Å². The Kier molecular flexibility index (Phi) is 6.51. The molecule has 1 aliphatic heterocycles. The van der Waals surface area contributed by atoms with E-state index < -0.39 is 5.91 Å². The number of hydrogen-bond acceptors (Lipinski definition) is 5. The Labute approximate surface area is 163 Å². The summed E-state index contributed by atoms with van der Waals surface area (Å²) in [5.41, 5.74) is 0.851. The third-order valence-corrected chi connectivity index (χ3v) is 3.97. The van der Waals surface area contributed by atoms with E-state index in [4.69, 9.17) is 13.9 Å². The lowest BCUT2D eigenvalue weighted by molar-refractivity contribution is -0.121. The van der Waals surface area contributed by atoms with E-state index in [1.165, 1.54) is 18.4 Å². The van der Waals surface area contributed by atoms with Gasteiger partial charge in [0.2, 0.25) is 12.7 Å². The molecule has 0 radical (unpaired) electrons. The zero-order valence-electron chi connectivity index (χ0n) is 15.6. The van der Waals surface area contributed by atoms with Crippen LogP contribution in [0.4, 0.5) is 0 Å². The molecule has 7 nitrogen and oxygen atoms in total. The van der Waals surface area contributed by atoms with Crippen LogP contribution >= 0.6 is 0 Å². The predicted molar refractivity (Wildman–Crippen MR) is 104 cm³/mol. The van der Waals surface area contributed by atoms with Gasteiger partial charge in [0.05, 0.1) is 6.26 Å². The molecule has 146 valence electrons. The summed E-state index contributed by atoms with van der Waals surface area (Å²) >= 11 is 0. The van der Waals surface area contributed by atoms with E-state index in [2.05, 4.69) is 10.6 Å². The SMILES string of the molecule is CCCCNC(=O)C(=Cc1ccc2c(c1)OCO2)NC(=O)C=Cc1ccco1. The van der Waals surface area contributed by atoms with Crippen LogP contribution in [0.15, 0.2) is 52.8 Å². The Hall–Kier alpha value is -3.48. The van der Waals surface area contributed by atoms with Crippen molar-refractivity contribution in [2.75, 3.05) is 13.3 Å². The molecule has 3 rings (SSSR count). The third kappa shape index (κ3) is 5.26. The molecule has 1 aliphatic rings. The number of fused-ring (bicyclic) bond motifs is 1. The van der Waals surface area contributed by atoms with Crippen LogP contribution in [0.25, 0.3) is 12.2 Å². The van der Waals surface area contributed by atoms with Crippen molar-refractivity contribution in [1.82, 2.24) is 10.6 Å². The number of unbranched alkanes of at least 4 members (excludes halogenated alkanes) is 1. The average molecular weight is 382 g/mol. The van der Waals surface area contributed by atoms with Crippen molar-refractivity contribution < 1.29 is 23.5 Å². The highest BCUT2D eigenvalue weighted by atomic mass is 16.7. The molecular formula is C21H22N2O5. The maximum Gasteiger partial charge on any atom is 0.267 e. The Morgan fingerprint density at radius 1 is 1.18 bits per heavy atom. The van der Waals surface area contributed by atoms with Crippen molar-refractivity contribution in [2.45, 2.75) is 19.8 Å². The molecule has 28 heavy (non-hydrogen) atoms. The Morgan fingerprint density at radius 3 is 2.82 bits per heavy atom. The van der Waals surface area contributed by atoms with Crippen molar-refractivity contribution in [3.63, 3.8) is 0 Å². The number of nitrogens with one attached hydrogen (secondary N) is 2. The van der Waals surface area contributed by atoms with Crippen LogP contribution in [0.3, 0.4) is 0 Å². The van der Waals surface area contributed by atoms with Crippen LogP contribution < -0.4 is 20.1 Å². The minimum atomic E-state index is -0.436. The van der Waals surface area contributed by atoms with Crippen LogP contribution in [0.5, 0.6) is 11.5 Å². The molecule has 2 aromatic rings. The molecular weight excluding hydrogens is 360 g/mol. The van der Waals surface area contributed by atoms with Crippen LogP contribution in [-0.4, -0.2) is 25.2 Å². The number of carbonyl (C=O) groups excluding carboxylic acids is 2. The molecule has 0 aliphatic carbocycles. The van der Waals surface area contributed by atoms with E-state index >= 15 is 0 Å². The number of benzene rings is 1. The first kappa shape index (κ1) is 19.3. The minimum absolute atomic E-state index is 0.143. The standard InChI is InChI=1S/C21H22N2O5/c1-2-3-10-22-21(25)17(23-20(24)9-7-16-5-4-11-26-16)12-15-6-8-18-19(13-15)28-14-27-18/h4-9,11-13H,2-3,10,14H2,1H3,(H,22,25)(H,23,24). The predicted octanol–water partition coefficient (Wildman–Crippen LogP) is 3.10. The van der Waals surface area contributed by atoms with E-state index in [-0.39, 0.29) is 18.4 Å². The first-order valence-electron chi connectivity index (χ1n) is 9.08. The largest absolute Gasteiger partial charge is 0.465 e. The van der Waals surface area contributed by atoms with Gasteiger partial charge < -0.3 is 24.5 Å². The summed E-state index contributed by atoms with van der Waals surface area (Å²) in [5.74, 6) is 1.00. The number of furan rings is 1. The Morgan fingerprint density at radius 2 is 2.04 bits per heavy atom. The molecule has 0 saturated carbocycles. The molecule has 2 N–H and O–H groups in total. The van der Waals surface area contributed by atoms with E-state index in [0.717, 1.165) is 12.8 Å². The van der Waals surface area contributed by atoms with Gasteiger partial charge in [-0.3, -0.25) is 9.59 Å². The van der Waals surface area contributed by atoms with Crippen LogP contribution in [0, 0.1) is 0 Å². The highest BCUT2D eigenvalue weighted by molar-refractivity contribution is 6.04. The maximum absolute atomic E-state index is 12.5. The minimum Gasteiger partial charge on any atom is -0.465 e. The molecule has 7 heteroatoms. The second-order valence-corrected chi connectivity index (χ2v) is 6.12. The molecule has 0 atom stereocenters. The number of amides is 2. The normalized spacial score (nSPS) is 13.0. The third-order valence-electron chi connectivity index (χ3n) is 3.97. The highest BCUT2D eigenvalue weighted by Crippen LogP contribution is 2.33. The summed E-state index contributed by atoms with van der Waals surface area (Å²) in [6, 6.07) is 8.76. The zero-order chi connectivity index (χ0) is 19.8. The van der Waals surface area contributed by atoms with Crippen molar-refractivity contribution in [1.29, 1.82) is 0 Å². The lowest BCUT2D eigenvalue weighted by atomic mass is 10.1. The fraction of sp³-hybridized carbons (Fsp3) is 0.238. The van der Waals surface area contributed by atoms with E-state index in [9.17, 15) is 9.59 Å². The lowest BCUT2D eigenvalue weighted by Gasteiger charge is -2.10. The van der Waals surface area contributed by atoms with E-state index in [1.54, 1.807) is 36.4 Å². The average Bonchev–Trinajstić information content (AvgIpc) is 3.37. The summed E-state index contributed by atoms with van der Waals surface area (Å²) in [4.78, 5) is 24.8. The summed E-state index contributed by atoms with van der Waals surface area (Å²) < 4.78 is 15.8. The molecule has 0 spiro atoms. The number of hydrogen-bond donors (Lipinski definition) is 2. The fourth-order valence-electron chi connectivity index (χ4n) is 2.52. The quantitative estimate of drug-likeness (QED) is 0.541. The van der Waals surface area contributed by atoms with Gasteiger partial charge in [-0.05, 0) is 48.4 Å². The van der Waals surface area contributed by atoms with Gasteiger partial charge in [0.1, 0.15) is 11.5 Å². The highest BCUT2D eigenvalue weighted by Gasteiger charge is 2.15. The number of carbonyl (C=O) groups is 2. The molecule has 0 saturated heterocycles. The second-order valence-electron chi connectivity index (χ2n) is 6.12. The molecule has 0 unspecified atom stereocenters. The first-order chi connectivity index (χ1) is 13.7. The molecule has 0 fully saturated rings. The number of ether oxygens (including phenoxy) is 2. The van der Waals surface area contributed by atoms with Gasteiger partial charge >= 0.3 is 0 Å². The molecule has 2 amide bonds. The van der Waals surface area contributed by atoms with E-state index in [1.807, 2.05) is 6.92 Å². The van der Waals surface area contributed by atoms with Crippen LogP contribution in [-0.2, 0) is 9.59 Å². The molecule has 1 aromatic carbocycles. The molecule has 0 bridgehead atoms. The molecule has 1 aromatic heterocycles. The lowest BCUT2D eigenvalue weighted by Crippen LogP contribution is -2.34. The van der Waals surface area contributed by atoms with Gasteiger partial charge in [-0.25, -0.2) is 0 Å². The van der Waals surface area contributed by atoms with Gasteiger partial charge in [0.15, 0.2) is 11.5 Å². The van der Waals surface area contributed by atoms with Gasteiger partial charge in [-0.1, -0.05) is 19.4 Å². The maximum atomic E-state index is 12.5. The first-order valence-corrected chi connectivity index (χ1v) is 9.08. The monoisotopic (exact) mass is 382 g/mol. The zero-order valence-corrected chi connectivity index (χ0v) is 15.6. The summed E-state index contributed by atoms with van der Waals surface area (Å²) in [6.07, 6.45) is 7.77. The summed E-state index contributed by atoms with van der Waals surface area (Å²) in [7, 11) is 0. The van der Waals surface area contributed by atoms with Crippen LogP contribution in [0.1, 0.15) is 31.1 Å². The van der Waals surface area contributed by atoms with Crippen LogP contribution in [0.2, 0.25) is 0 Å². The topological polar surface area (TPSA) is 89.8 Å². The van der Waals surface area contributed by atoms with E-state index in [0.29, 0.717) is 29.4 Å². The molecule has 2 heterocycles. The van der Waals surface area contributed by atoms with Gasteiger partial charge in [-0.15, -0.1) is 0 Å². The Bertz CT molecular complexity index is 884. The second kappa shape index (κ2) is 9.45. The van der Waals surface area contributed by atoms with Gasteiger partial charge in [0.25, 0.3) is 5.91 Å². The Balaban J connectivity index is 1.76. The van der Waals surface area contributed by atoms with Gasteiger partial charge in [-0.2, -0.15) is 0 Å². The number of rotatable bonds is 8. The van der Waals surface area contributed by atoms with Crippen molar-refractivity contribution in [2.24, 2.45) is 0 Å². The summed E-state index contributed by atoms with van der Waals surface area (Å²) in [6.45, 7) is 2.74. The van der Waals surface area contributed by atoms with Crippen molar-refractivity contribution >= 4 is 24.0 Å². The summed E-state index contributed by atoms with van der Waals surface area (Å²) in [5, 5.41) is 5.44. The smallest absolute Gasteiger partial charge is 0.267 e. The van der Waals surface area contributed by atoms with Crippen molar-refractivity contribution in [3.05, 3.63) is 59.7 Å². The van der Waals surface area contributed by atoms with Crippen molar-refractivity contribution in [3.8, 4) is 11.5 Å². The fourth-order valence-corrected chi connectivity index (χ4v) is 2.52.